The van der Waals surface area contributed by atoms with Crippen LogP contribution in [-0.4, -0.2) is 48.0 Å². The largest absolute Gasteiger partial charge is 0.437 e. The van der Waals surface area contributed by atoms with Gasteiger partial charge in [0.2, 0.25) is 0 Å². The maximum Gasteiger partial charge on any atom is 0.376 e. The molecule has 0 spiro atoms. The highest BCUT2D eigenvalue weighted by Gasteiger charge is 2.24. The van der Waals surface area contributed by atoms with Crippen LogP contribution < -0.4 is 4.90 Å². The summed E-state index contributed by atoms with van der Waals surface area (Å²) in [5, 5.41) is 20.0. The zero-order valence-corrected chi connectivity index (χ0v) is 10.6. The Labute approximate surface area is 110 Å². The maximum atomic E-state index is 13.8. The van der Waals surface area contributed by atoms with Crippen LogP contribution in [0.4, 0.5) is 15.8 Å². The third-order valence-corrected chi connectivity index (χ3v) is 3.33. The lowest BCUT2D eigenvalue weighted by atomic mass is 9.84. The van der Waals surface area contributed by atoms with Gasteiger partial charge in [0.15, 0.2) is 5.82 Å². The molecule has 1 N–H and O–H groups in total. The number of halogens is 1. The van der Waals surface area contributed by atoms with Gasteiger partial charge >= 0.3 is 7.05 Å². The van der Waals surface area contributed by atoms with Gasteiger partial charge in [-0.15, -0.1) is 0 Å². The molecule has 0 amide bonds. The molecule has 8 heteroatoms. The van der Waals surface area contributed by atoms with Gasteiger partial charge in [0.1, 0.15) is 0 Å². The zero-order valence-electron chi connectivity index (χ0n) is 10.6. The second-order valence-electron chi connectivity index (χ2n) is 4.55. The van der Waals surface area contributed by atoms with E-state index in [-0.39, 0.29) is 5.69 Å². The first-order chi connectivity index (χ1) is 8.99. The fourth-order valence-electron chi connectivity index (χ4n) is 2.20. The molecule has 0 aliphatic carbocycles. The monoisotopic (exact) mass is 267 g/mol. The Morgan fingerprint density at radius 3 is 2.47 bits per heavy atom. The molecule has 6 nitrogen and oxygen atoms in total. The third-order valence-electron chi connectivity index (χ3n) is 3.33. The van der Waals surface area contributed by atoms with Gasteiger partial charge in [-0.3, -0.25) is 10.1 Å². The molecule has 1 heterocycles. The van der Waals surface area contributed by atoms with E-state index in [1.807, 2.05) is 9.71 Å². The Bertz CT molecular complexity index is 478. The Morgan fingerprint density at radius 2 is 2.00 bits per heavy atom. The van der Waals surface area contributed by atoms with E-state index in [2.05, 4.69) is 0 Å². The Hall–Kier alpha value is -1.67. The summed E-state index contributed by atoms with van der Waals surface area (Å²) in [4.78, 5) is 13.7. The lowest BCUT2D eigenvalue weighted by Crippen LogP contribution is -2.51. The predicted octanol–water partition coefficient (Wildman–Crippen LogP) is 0.966. The van der Waals surface area contributed by atoms with E-state index in [0.29, 0.717) is 31.9 Å². The van der Waals surface area contributed by atoms with Crippen molar-refractivity contribution >= 4 is 18.4 Å². The van der Waals surface area contributed by atoms with Gasteiger partial charge in [-0.05, 0) is 12.9 Å². The van der Waals surface area contributed by atoms with Crippen LogP contribution in [0.5, 0.6) is 0 Å². The van der Waals surface area contributed by atoms with Crippen molar-refractivity contribution in [2.24, 2.45) is 0 Å². The van der Waals surface area contributed by atoms with Crippen LogP contribution in [0.1, 0.15) is 0 Å². The van der Waals surface area contributed by atoms with Crippen molar-refractivity contribution in [3.63, 3.8) is 0 Å². The summed E-state index contributed by atoms with van der Waals surface area (Å²) in [7, 11) is -0.510. The van der Waals surface area contributed by atoms with Crippen molar-refractivity contribution in [3.8, 4) is 0 Å². The molecule has 19 heavy (non-hydrogen) atoms. The highest BCUT2D eigenvalue weighted by Crippen LogP contribution is 2.25. The lowest BCUT2D eigenvalue weighted by molar-refractivity contribution is -0.385. The second-order valence-corrected chi connectivity index (χ2v) is 4.55. The van der Waals surface area contributed by atoms with Gasteiger partial charge in [-0.25, -0.2) is 4.39 Å². The van der Waals surface area contributed by atoms with Crippen LogP contribution in [0.25, 0.3) is 0 Å². The zero-order chi connectivity index (χ0) is 14.0. The average Bonchev–Trinajstić information content (AvgIpc) is 2.38. The fourth-order valence-corrected chi connectivity index (χ4v) is 2.20. The number of nitro groups is 1. The van der Waals surface area contributed by atoms with Crippen LogP contribution >= 0.6 is 0 Å². The molecule has 1 aliphatic heterocycles. The first-order valence-corrected chi connectivity index (χ1v) is 6.10. The first-order valence-electron chi connectivity index (χ1n) is 6.10. The van der Waals surface area contributed by atoms with E-state index in [1.54, 1.807) is 6.82 Å². The van der Waals surface area contributed by atoms with Gasteiger partial charge in [-0.1, -0.05) is 0 Å². The standard InChI is InChI=1S/C11H15BFN3O3/c1-12(17)15-6-4-14(5-7-15)11-3-2-9(16(18)19)8-10(11)13/h2-3,8,17H,4-7H2,1H3. The van der Waals surface area contributed by atoms with Crippen molar-refractivity contribution in [2.75, 3.05) is 31.1 Å². The summed E-state index contributed by atoms with van der Waals surface area (Å²) in [5.74, 6) is -0.584. The summed E-state index contributed by atoms with van der Waals surface area (Å²) in [5.41, 5.74) is 0.125. The van der Waals surface area contributed by atoms with E-state index >= 15 is 0 Å². The average molecular weight is 267 g/mol. The molecule has 2 rings (SSSR count). The number of nitro benzene ring substituents is 1. The lowest BCUT2D eigenvalue weighted by Gasteiger charge is -2.36. The molecule has 1 aromatic rings. The van der Waals surface area contributed by atoms with Crippen molar-refractivity contribution in [3.05, 3.63) is 34.1 Å². The molecule has 1 aromatic carbocycles. The summed E-state index contributed by atoms with van der Waals surface area (Å²) < 4.78 is 13.8. The molecule has 0 bridgehead atoms. The number of hydrogen-bond donors (Lipinski definition) is 1. The quantitative estimate of drug-likeness (QED) is 0.502. The molecule has 0 aromatic heterocycles. The van der Waals surface area contributed by atoms with Gasteiger partial charge in [0.25, 0.3) is 5.69 Å². The van der Waals surface area contributed by atoms with Crippen LogP contribution in [0.3, 0.4) is 0 Å². The second kappa shape index (κ2) is 5.54. The maximum absolute atomic E-state index is 13.8. The smallest absolute Gasteiger partial charge is 0.376 e. The van der Waals surface area contributed by atoms with Gasteiger partial charge in [0, 0.05) is 32.2 Å². The van der Waals surface area contributed by atoms with Gasteiger partial charge in [-0.2, -0.15) is 0 Å². The normalized spacial score (nSPS) is 16.5. The number of piperazine rings is 1. The topological polar surface area (TPSA) is 69.8 Å². The predicted molar refractivity (Wildman–Crippen MR) is 70.7 cm³/mol. The van der Waals surface area contributed by atoms with Gasteiger partial charge < -0.3 is 14.7 Å². The molecular formula is C11H15BFN3O3. The van der Waals surface area contributed by atoms with E-state index in [0.717, 1.165) is 6.07 Å². The Morgan fingerprint density at radius 1 is 1.37 bits per heavy atom. The van der Waals surface area contributed by atoms with Crippen LogP contribution in [-0.2, 0) is 0 Å². The molecule has 1 saturated heterocycles. The minimum absolute atomic E-state index is 0.246. The molecule has 0 saturated carbocycles. The molecule has 0 radical (unpaired) electrons. The minimum Gasteiger partial charge on any atom is -0.437 e. The fraction of sp³-hybridized carbons (Fsp3) is 0.455. The third kappa shape index (κ3) is 3.02. The van der Waals surface area contributed by atoms with Crippen LogP contribution in [0.15, 0.2) is 18.2 Å². The molecule has 0 unspecified atom stereocenters. The van der Waals surface area contributed by atoms with E-state index in [4.69, 9.17) is 0 Å². The van der Waals surface area contributed by atoms with Crippen molar-refractivity contribution in [1.29, 1.82) is 0 Å². The van der Waals surface area contributed by atoms with E-state index < -0.39 is 17.8 Å². The highest BCUT2D eigenvalue weighted by atomic mass is 19.1. The summed E-state index contributed by atoms with van der Waals surface area (Å²) >= 11 is 0. The minimum atomic E-state index is -0.613. The SMILES string of the molecule is CB(O)N1CCN(c2ccc([N+](=O)[O-])cc2F)CC1. The van der Waals surface area contributed by atoms with E-state index in [1.165, 1.54) is 12.1 Å². The van der Waals surface area contributed by atoms with Crippen molar-refractivity contribution < 1.29 is 14.3 Å². The number of rotatable bonds is 3. The molecule has 1 aliphatic rings. The summed E-state index contributed by atoms with van der Waals surface area (Å²) in [6, 6.07) is 3.68. The number of non-ortho nitro benzene ring substituents is 1. The number of benzene rings is 1. The number of hydrogen-bond acceptors (Lipinski definition) is 5. The molecule has 0 atom stereocenters. The summed E-state index contributed by atoms with van der Waals surface area (Å²) in [6.45, 7) is 4.13. The van der Waals surface area contributed by atoms with E-state index in [9.17, 15) is 19.5 Å². The summed E-state index contributed by atoms with van der Waals surface area (Å²) in [6.07, 6.45) is 0. The number of anilines is 1. The first kappa shape index (κ1) is 13.8. The highest BCUT2D eigenvalue weighted by molar-refractivity contribution is 6.45. The molecule has 102 valence electrons. The Kier molecular flexibility index (Phi) is 4.01. The van der Waals surface area contributed by atoms with Crippen LogP contribution in [0, 0.1) is 15.9 Å². The van der Waals surface area contributed by atoms with Crippen molar-refractivity contribution in [2.45, 2.75) is 6.82 Å². The van der Waals surface area contributed by atoms with Gasteiger partial charge in [0.05, 0.1) is 16.7 Å². The van der Waals surface area contributed by atoms with Crippen LogP contribution in [0.2, 0.25) is 6.82 Å². The van der Waals surface area contributed by atoms with Crippen molar-refractivity contribution in [1.82, 2.24) is 4.81 Å². The Balaban J connectivity index is 2.09. The molecular weight excluding hydrogens is 252 g/mol. The molecule has 1 fully saturated rings. The number of nitrogens with zero attached hydrogens (tertiary/aromatic N) is 3.